The van der Waals surface area contributed by atoms with Crippen LogP contribution in [0.2, 0.25) is 0 Å². The zero-order chi connectivity index (χ0) is 17.4. The number of morpholine rings is 1. The van der Waals surface area contributed by atoms with Gasteiger partial charge in [0.1, 0.15) is 5.75 Å². The van der Waals surface area contributed by atoms with Crippen LogP contribution in [0.3, 0.4) is 0 Å². The molecule has 2 rings (SSSR count). The number of aliphatic carboxylic acids is 1. The van der Waals surface area contributed by atoms with E-state index in [4.69, 9.17) is 14.6 Å². The van der Waals surface area contributed by atoms with E-state index in [0.717, 1.165) is 31.4 Å². The molecule has 24 heavy (non-hydrogen) atoms. The van der Waals surface area contributed by atoms with Crippen LogP contribution in [0, 0.1) is 0 Å². The maximum atomic E-state index is 12.2. The molecule has 0 aromatic heterocycles. The highest BCUT2D eigenvalue weighted by molar-refractivity contribution is 5.83. The number of methoxy groups -OCH3 is 1. The van der Waals surface area contributed by atoms with Crippen molar-refractivity contribution in [2.75, 3.05) is 26.9 Å². The molecule has 1 saturated heterocycles. The zero-order valence-corrected chi connectivity index (χ0v) is 14.1. The minimum Gasteiger partial charge on any atom is -0.497 e. The van der Waals surface area contributed by atoms with Crippen LogP contribution >= 0.6 is 0 Å². The Bertz CT molecular complexity index is 543. The van der Waals surface area contributed by atoms with E-state index >= 15 is 0 Å². The minimum atomic E-state index is -0.998. The molecular weight excluding hydrogens is 310 g/mol. The summed E-state index contributed by atoms with van der Waals surface area (Å²) in [6, 6.07) is 7.15. The monoisotopic (exact) mass is 335 g/mol. The van der Waals surface area contributed by atoms with Crippen molar-refractivity contribution in [3.8, 4) is 5.75 Å². The van der Waals surface area contributed by atoms with E-state index < -0.39 is 12.0 Å². The highest BCUT2D eigenvalue weighted by atomic mass is 16.5. The summed E-state index contributed by atoms with van der Waals surface area (Å²) in [7, 11) is 1.65. The van der Waals surface area contributed by atoms with Gasteiger partial charge in [0.05, 0.1) is 20.3 Å². The molecule has 132 valence electrons. The van der Waals surface area contributed by atoms with Crippen LogP contribution in [-0.2, 0) is 20.7 Å². The fraction of sp³-hybridized carbons (Fsp3) is 0.556. The fourth-order valence-corrected chi connectivity index (χ4v) is 2.82. The lowest BCUT2D eigenvalue weighted by Gasteiger charge is -2.32. The number of rotatable bonds is 8. The highest BCUT2D eigenvalue weighted by Gasteiger charge is 2.32. The fourth-order valence-electron chi connectivity index (χ4n) is 2.82. The van der Waals surface area contributed by atoms with Crippen molar-refractivity contribution >= 4 is 11.9 Å². The second kappa shape index (κ2) is 9.27. The average Bonchev–Trinajstić information content (AvgIpc) is 2.61. The number of benzene rings is 1. The number of hydrogen-bond acceptors (Lipinski definition) is 4. The van der Waals surface area contributed by atoms with Gasteiger partial charge in [0, 0.05) is 13.0 Å². The number of carboxylic acids is 1. The molecule has 0 aliphatic carbocycles. The van der Waals surface area contributed by atoms with E-state index in [9.17, 15) is 9.59 Å². The molecule has 1 fully saturated rings. The molecule has 1 aliphatic rings. The second-order valence-electron chi connectivity index (χ2n) is 5.92. The van der Waals surface area contributed by atoms with Crippen LogP contribution in [0.1, 0.15) is 31.2 Å². The Morgan fingerprint density at radius 1 is 1.25 bits per heavy atom. The summed E-state index contributed by atoms with van der Waals surface area (Å²) < 4.78 is 10.3. The van der Waals surface area contributed by atoms with E-state index in [1.807, 2.05) is 12.1 Å². The van der Waals surface area contributed by atoms with E-state index in [-0.39, 0.29) is 12.5 Å². The van der Waals surface area contributed by atoms with Crippen LogP contribution < -0.4 is 4.74 Å². The van der Waals surface area contributed by atoms with E-state index in [2.05, 4.69) is 12.1 Å². The van der Waals surface area contributed by atoms with Gasteiger partial charge < -0.3 is 19.5 Å². The molecule has 0 unspecified atom stereocenters. The van der Waals surface area contributed by atoms with Crippen LogP contribution in [-0.4, -0.2) is 54.8 Å². The van der Waals surface area contributed by atoms with Crippen molar-refractivity contribution in [2.24, 2.45) is 0 Å². The third kappa shape index (κ3) is 5.23. The molecule has 1 aliphatic heterocycles. The predicted octanol–water partition coefficient (Wildman–Crippen LogP) is 2.11. The molecule has 1 heterocycles. The van der Waals surface area contributed by atoms with E-state index in [0.29, 0.717) is 19.6 Å². The van der Waals surface area contributed by atoms with Crippen molar-refractivity contribution < 1.29 is 24.2 Å². The first-order valence-electron chi connectivity index (χ1n) is 8.35. The highest BCUT2D eigenvalue weighted by Crippen LogP contribution is 2.15. The number of hydrogen-bond donors (Lipinski definition) is 1. The lowest BCUT2D eigenvalue weighted by Crippen LogP contribution is -2.52. The van der Waals surface area contributed by atoms with Gasteiger partial charge >= 0.3 is 5.97 Å². The Morgan fingerprint density at radius 3 is 2.67 bits per heavy atom. The lowest BCUT2D eigenvalue weighted by atomic mass is 10.1. The first kappa shape index (κ1) is 18.3. The maximum absolute atomic E-state index is 12.2. The SMILES string of the molecule is COc1ccc(CCCCCC(=O)N2CCOC[C@H]2C(=O)O)cc1. The molecule has 1 N–H and O–H groups in total. The first-order valence-corrected chi connectivity index (χ1v) is 8.35. The number of carboxylic acid groups (broad SMARTS) is 1. The number of amides is 1. The molecule has 1 aromatic rings. The summed E-state index contributed by atoms with van der Waals surface area (Å²) >= 11 is 0. The minimum absolute atomic E-state index is 0.0819. The number of ether oxygens (including phenoxy) is 2. The summed E-state index contributed by atoms with van der Waals surface area (Å²) in [4.78, 5) is 24.8. The van der Waals surface area contributed by atoms with Crippen molar-refractivity contribution in [3.63, 3.8) is 0 Å². The van der Waals surface area contributed by atoms with Crippen LogP contribution in [0.5, 0.6) is 5.75 Å². The van der Waals surface area contributed by atoms with Gasteiger partial charge in [-0.05, 0) is 37.0 Å². The Kier molecular flexibility index (Phi) is 7.06. The molecule has 0 radical (unpaired) electrons. The van der Waals surface area contributed by atoms with Crippen LogP contribution in [0.15, 0.2) is 24.3 Å². The first-order chi connectivity index (χ1) is 11.6. The molecule has 1 atom stereocenters. The lowest BCUT2D eigenvalue weighted by molar-refractivity contribution is -0.158. The summed E-state index contributed by atoms with van der Waals surface area (Å²) in [5, 5.41) is 9.15. The van der Waals surface area contributed by atoms with Gasteiger partial charge in [-0.3, -0.25) is 4.79 Å². The predicted molar refractivity (Wildman–Crippen MR) is 89.1 cm³/mol. The maximum Gasteiger partial charge on any atom is 0.328 e. The summed E-state index contributed by atoms with van der Waals surface area (Å²) in [6.07, 6.45) is 4.09. The Labute approximate surface area is 142 Å². The molecular formula is C18H25NO5. The zero-order valence-electron chi connectivity index (χ0n) is 14.1. The van der Waals surface area contributed by atoms with Gasteiger partial charge in [0.15, 0.2) is 6.04 Å². The second-order valence-corrected chi connectivity index (χ2v) is 5.92. The quantitative estimate of drug-likeness (QED) is 0.736. The molecule has 1 aromatic carbocycles. The largest absolute Gasteiger partial charge is 0.497 e. The number of carbonyl (C=O) groups is 2. The normalized spacial score (nSPS) is 17.5. The van der Waals surface area contributed by atoms with Crippen LogP contribution in [0.25, 0.3) is 0 Å². The van der Waals surface area contributed by atoms with Gasteiger partial charge in [-0.2, -0.15) is 0 Å². The number of nitrogens with zero attached hydrogens (tertiary/aromatic N) is 1. The molecule has 6 heteroatoms. The third-order valence-corrected chi connectivity index (χ3v) is 4.25. The average molecular weight is 335 g/mol. The van der Waals surface area contributed by atoms with Gasteiger partial charge in [-0.25, -0.2) is 4.79 Å². The third-order valence-electron chi connectivity index (χ3n) is 4.25. The molecule has 0 bridgehead atoms. The van der Waals surface area contributed by atoms with Crippen molar-refractivity contribution in [3.05, 3.63) is 29.8 Å². The number of aryl methyl sites for hydroxylation is 1. The number of carbonyl (C=O) groups excluding carboxylic acids is 1. The topological polar surface area (TPSA) is 76.1 Å². The van der Waals surface area contributed by atoms with Crippen molar-refractivity contribution in [2.45, 2.75) is 38.1 Å². The summed E-state index contributed by atoms with van der Waals surface area (Å²) in [5.74, 6) is -0.236. The van der Waals surface area contributed by atoms with Gasteiger partial charge in [0.2, 0.25) is 5.91 Å². The standard InChI is InChI=1S/C18H25NO5/c1-23-15-9-7-14(8-10-15)5-3-2-4-6-17(20)19-11-12-24-13-16(19)18(21)22/h7-10,16H,2-6,11-13H2,1H3,(H,21,22)/t16-/m0/s1. The van der Waals surface area contributed by atoms with Crippen LogP contribution in [0.4, 0.5) is 0 Å². The summed E-state index contributed by atoms with van der Waals surface area (Å²) in [5.41, 5.74) is 1.25. The van der Waals surface area contributed by atoms with Gasteiger partial charge in [-0.1, -0.05) is 18.6 Å². The Hall–Kier alpha value is -2.08. The van der Waals surface area contributed by atoms with E-state index in [1.165, 1.54) is 10.5 Å². The van der Waals surface area contributed by atoms with Gasteiger partial charge in [0.25, 0.3) is 0 Å². The Morgan fingerprint density at radius 2 is 2.00 bits per heavy atom. The molecule has 6 nitrogen and oxygen atoms in total. The molecule has 0 spiro atoms. The smallest absolute Gasteiger partial charge is 0.328 e. The Balaban J connectivity index is 1.67. The molecule has 1 amide bonds. The number of unbranched alkanes of at least 4 members (excludes halogenated alkanes) is 2. The van der Waals surface area contributed by atoms with Crippen molar-refractivity contribution in [1.82, 2.24) is 4.90 Å². The molecule has 0 saturated carbocycles. The summed E-state index contributed by atoms with van der Waals surface area (Å²) in [6.45, 7) is 0.854. The van der Waals surface area contributed by atoms with Gasteiger partial charge in [-0.15, -0.1) is 0 Å². The van der Waals surface area contributed by atoms with Crippen molar-refractivity contribution in [1.29, 1.82) is 0 Å². The van der Waals surface area contributed by atoms with E-state index in [1.54, 1.807) is 7.11 Å².